The summed E-state index contributed by atoms with van der Waals surface area (Å²) < 4.78 is 57.6. The van der Waals surface area contributed by atoms with Crippen LogP contribution in [0.1, 0.15) is 25.0 Å². The van der Waals surface area contributed by atoms with Crippen LogP contribution in [-0.4, -0.2) is 39.6 Å². The second kappa shape index (κ2) is 11.2. The molecule has 14 heteroatoms. The summed E-state index contributed by atoms with van der Waals surface area (Å²) in [6.45, 7) is 2.72. The van der Waals surface area contributed by atoms with Crippen molar-refractivity contribution in [2.75, 3.05) is 20.1 Å². The molecule has 1 aliphatic rings. The van der Waals surface area contributed by atoms with E-state index in [1.165, 1.54) is 62.4 Å². The Morgan fingerprint density at radius 1 is 0.558 bits per heavy atom. The van der Waals surface area contributed by atoms with Crippen LogP contribution >= 0.6 is 0 Å². The van der Waals surface area contributed by atoms with Crippen molar-refractivity contribution in [3.05, 3.63) is 96.1 Å². The van der Waals surface area contributed by atoms with E-state index in [2.05, 4.69) is 25.2 Å². The maximum absolute atomic E-state index is 13.2. The molecule has 0 aliphatic heterocycles. The van der Waals surface area contributed by atoms with Gasteiger partial charge in [0, 0.05) is 47.7 Å². The lowest BCUT2D eigenvalue weighted by Crippen LogP contribution is -2.14. The number of oxime groups is 1. The number of fused-ring (bicyclic) bond motifs is 3. The number of benzene rings is 4. The fourth-order valence-electron chi connectivity index (χ4n) is 4.57. The Kier molecular flexibility index (Phi) is 7.65. The average Bonchev–Trinajstić information content (AvgIpc) is 3.26. The molecule has 4 aromatic carbocycles. The smallest absolute Gasteiger partial charge is 0.261 e. The second-order valence-electron chi connectivity index (χ2n) is 9.59. The molecular weight excluding hydrogens is 594 g/mol. The van der Waals surface area contributed by atoms with Crippen molar-refractivity contribution in [3.63, 3.8) is 0 Å². The van der Waals surface area contributed by atoms with Crippen LogP contribution in [-0.2, 0) is 29.6 Å². The van der Waals surface area contributed by atoms with Crippen molar-refractivity contribution in [3.8, 4) is 11.1 Å². The molecule has 0 heterocycles. The number of rotatable bonds is 8. The highest BCUT2D eigenvalue weighted by Crippen LogP contribution is 2.39. The van der Waals surface area contributed by atoms with Gasteiger partial charge in [-0.2, -0.15) is 0 Å². The lowest BCUT2D eigenvalue weighted by Gasteiger charge is -2.11. The molecule has 0 spiro atoms. The fraction of sp³-hybridized carbons (Fsp3) is 0.0690. The van der Waals surface area contributed by atoms with Gasteiger partial charge in [-0.25, -0.2) is 16.8 Å². The summed E-state index contributed by atoms with van der Waals surface area (Å²) in [7, 11) is -8.14. The summed E-state index contributed by atoms with van der Waals surface area (Å²) in [6.07, 6.45) is 0. The van der Waals surface area contributed by atoms with Gasteiger partial charge < -0.3 is 15.8 Å². The highest BCUT2D eigenvalue weighted by Gasteiger charge is 2.30. The number of nitrogens with zero attached hydrogens (tertiary/aromatic N) is 1. The number of carbonyl (C=O) groups excluding carboxylic acids is 2. The molecule has 43 heavy (non-hydrogen) atoms. The quantitative estimate of drug-likeness (QED) is 0.126. The van der Waals surface area contributed by atoms with Gasteiger partial charge >= 0.3 is 0 Å². The van der Waals surface area contributed by atoms with Crippen LogP contribution in [0.5, 0.6) is 0 Å². The summed E-state index contributed by atoms with van der Waals surface area (Å²) in [5.74, 6) is -0.520. The minimum Gasteiger partial charge on any atom is -0.410 e. The van der Waals surface area contributed by atoms with E-state index in [0.29, 0.717) is 33.6 Å². The minimum atomic E-state index is -4.07. The second-order valence-corrected chi connectivity index (χ2v) is 13.0. The van der Waals surface area contributed by atoms with Crippen LogP contribution in [0, 0.1) is 0 Å². The van der Waals surface area contributed by atoms with Crippen molar-refractivity contribution in [2.45, 2.75) is 23.6 Å². The normalized spacial score (nSPS) is 12.1. The van der Waals surface area contributed by atoms with E-state index in [9.17, 15) is 31.6 Å². The molecule has 0 saturated heterocycles. The van der Waals surface area contributed by atoms with Gasteiger partial charge in [0.25, 0.3) is 20.0 Å². The van der Waals surface area contributed by atoms with Crippen LogP contribution in [0.4, 0.5) is 22.7 Å². The van der Waals surface area contributed by atoms with Crippen LogP contribution in [0.15, 0.2) is 99.9 Å². The lowest BCUT2D eigenvalue weighted by atomic mass is 10.1. The number of amides is 2. The van der Waals surface area contributed by atoms with E-state index < -0.39 is 20.0 Å². The summed E-state index contributed by atoms with van der Waals surface area (Å²) >= 11 is 0. The van der Waals surface area contributed by atoms with Crippen molar-refractivity contribution in [2.24, 2.45) is 5.16 Å². The van der Waals surface area contributed by atoms with Crippen molar-refractivity contribution < 1.29 is 31.6 Å². The molecule has 0 atom stereocenters. The van der Waals surface area contributed by atoms with E-state index in [0.717, 1.165) is 0 Å². The minimum absolute atomic E-state index is 0.0124. The SMILES string of the molecule is CC(=O)Nc1ccc(NS(=O)(=O)c2ccc3c(c2)C(=NO)c2cc(S(=O)(=O)Nc4ccc(NC(C)=O)cc4)ccc2-3)cc1. The molecule has 0 bridgehead atoms. The Labute approximate surface area is 247 Å². The summed E-state index contributed by atoms with van der Waals surface area (Å²) in [4.78, 5) is 22.2. The van der Waals surface area contributed by atoms with Crippen LogP contribution in [0.3, 0.4) is 0 Å². The number of carbonyl (C=O) groups is 2. The van der Waals surface area contributed by atoms with Gasteiger partial charge in [-0.05, 0) is 83.9 Å². The number of sulfonamides is 2. The number of hydrogen-bond donors (Lipinski definition) is 5. The summed E-state index contributed by atoms with van der Waals surface area (Å²) in [5.41, 5.74) is 3.28. The first-order chi connectivity index (χ1) is 20.4. The van der Waals surface area contributed by atoms with Gasteiger partial charge in [0.2, 0.25) is 11.8 Å². The third-order valence-electron chi connectivity index (χ3n) is 6.42. The molecule has 5 N–H and O–H groups in total. The van der Waals surface area contributed by atoms with Gasteiger partial charge in [0.05, 0.1) is 9.79 Å². The zero-order valence-electron chi connectivity index (χ0n) is 22.7. The van der Waals surface area contributed by atoms with Crippen LogP contribution in [0.25, 0.3) is 11.1 Å². The third kappa shape index (κ3) is 6.19. The number of anilines is 4. The molecule has 5 rings (SSSR count). The molecule has 2 amide bonds. The van der Waals surface area contributed by atoms with Crippen molar-refractivity contribution in [1.29, 1.82) is 0 Å². The van der Waals surface area contributed by atoms with Crippen molar-refractivity contribution >= 4 is 60.3 Å². The first-order valence-electron chi connectivity index (χ1n) is 12.7. The summed E-state index contributed by atoms with van der Waals surface area (Å²) in [5, 5.41) is 18.5. The molecule has 220 valence electrons. The van der Waals surface area contributed by atoms with Crippen molar-refractivity contribution in [1.82, 2.24) is 0 Å². The predicted octanol–water partition coefficient (Wildman–Crippen LogP) is 4.41. The Hall–Kier alpha value is -5.21. The maximum Gasteiger partial charge on any atom is 0.261 e. The predicted molar refractivity (Wildman–Crippen MR) is 162 cm³/mol. The number of nitrogens with one attached hydrogen (secondary N) is 4. The zero-order valence-corrected chi connectivity index (χ0v) is 24.4. The molecule has 1 aliphatic carbocycles. The molecular formula is C29H25N5O7S2. The van der Waals surface area contributed by atoms with Gasteiger partial charge in [-0.1, -0.05) is 17.3 Å². The van der Waals surface area contributed by atoms with E-state index in [4.69, 9.17) is 0 Å². The molecule has 0 saturated carbocycles. The first kappa shape index (κ1) is 29.3. The van der Waals surface area contributed by atoms with E-state index >= 15 is 0 Å². The van der Waals surface area contributed by atoms with Gasteiger partial charge in [0.1, 0.15) is 5.71 Å². The van der Waals surface area contributed by atoms with Gasteiger partial charge in [0.15, 0.2) is 0 Å². The van der Waals surface area contributed by atoms with E-state index in [-0.39, 0.29) is 38.7 Å². The topological polar surface area (TPSA) is 183 Å². The largest absolute Gasteiger partial charge is 0.410 e. The fourth-order valence-corrected chi connectivity index (χ4v) is 6.74. The Morgan fingerprint density at radius 3 is 1.23 bits per heavy atom. The molecule has 0 aromatic heterocycles. The van der Waals surface area contributed by atoms with E-state index in [1.807, 2.05) is 0 Å². The zero-order chi connectivity index (χ0) is 30.9. The highest BCUT2D eigenvalue weighted by molar-refractivity contribution is 7.93. The Balaban J connectivity index is 1.40. The average molecular weight is 620 g/mol. The Bertz CT molecular complexity index is 1860. The molecule has 0 fully saturated rings. The maximum atomic E-state index is 13.2. The summed E-state index contributed by atoms with van der Waals surface area (Å²) in [6, 6.07) is 20.8. The molecule has 12 nitrogen and oxygen atoms in total. The molecule has 0 radical (unpaired) electrons. The van der Waals surface area contributed by atoms with Crippen LogP contribution in [0.2, 0.25) is 0 Å². The monoisotopic (exact) mass is 619 g/mol. The molecule has 0 unspecified atom stereocenters. The standard InChI is InChI=1S/C29H25N5O7S2/c1-17(35)30-19-3-7-21(8-4-19)33-42(38,39)23-11-13-25-26-14-12-24(16-28(26)29(32-37)27(25)15-23)43(40,41)34-22-9-5-20(6-10-22)31-18(2)36/h3-16,33-34,37H,1-2H3,(H,30,35)(H,31,36). The van der Waals surface area contributed by atoms with Crippen LogP contribution < -0.4 is 20.1 Å². The third-order valence-corrected chi connectivity index (χ3v) is 9.18. The first-order valence-corrected chi connectivity index (χ1v) is 15.7. The highest BCUT2D eigenvalue weighted by atomic mass is 32.2. The van der Waals surface area contributed by atoms with Gasteiger partial charge in [-0.3, -0.25) is 19.0 Å². The molecule has 4 aromatic rings. The van der Waals surface area contributed by atoms with E-state index in [1.54, 1.807) is 36.4 Å². The van der Waals surface area contributed by atoms with Gasteiger partial charge in [-0.15, -0.1) is 0 Å². The Morgan fingerprint density at radius 2 is 0.907 bits per heavy atom. The number of hydrogen-bond acceptors (Lipinski definition) is 8. The lowest BCUT2D eigenvalue weighted by molar-refractivity contribution is -0.115.